The molecule has 0 spiro atoms. The fourth-order valence-corrected chi connectivity index (χ4v) is 3.82. The summed E-state index contributed by atoms with van der Waals surface area (Å²) < 4.78 is 12.6. The maximum absolute atomic E-state index is 12.9. The zero-order valence-electron chi connectivity index (χ0n) is 19.2. The normalized spacial score (nSPS) is 10.4. The number of unbranched alkanes of at least 4 members (excludes halogenated alkanes) is 1. The fourth-order valence-electron chi connectivity index (χ4n) is 3.25. The molecule has 0 fully saturated rings. The van der Waals surface area contributed by atoms with Gasteiger partial charge in [0, 0.05) is 4.47 Å². The third kappa shape index (κ3) is 8.15. The predicted molar refractivity (Wildman–Crippen MR) is 145 cm³/mol. The van der Waals surface area contributed by atoms with Crippen LogP contribution in [0.3, 0.4) is 0 Å². The Morgan fingerprint density at radius 3 is 2.41 bits per heavy atom. The molecule has 0 aliphatic carbocycles. The van der Waals surface area contributed by atoms with Crippen LogP contribution in [-0.2, 0) is 6.42 Å². The number of carbonyl (C=O) groups excluding carboxylic acids is 1. The Hall–Kier alpha value is -2.90. The van der Waals surface area contributed by atoms with E-state index in [4.69, 9.17) is 21.7 Å². The van der Waals surface area contributed by atoms with E-state index < -0.39 is 0 Å². The standard InChI is InChI=1S/C27H29BrN2O3S/c1-2-3-17-32-24-16-15-21(28)19-22(24)26(31)30-27(34)29-23-13-7-8-14-25(23)33-18-9-12-20-10-5-4-6-11-20/h4-8,10-11,13-16,19H,2-3,9,12,17-18H2,1H3,(H2,29,30,31,34). The molecule has 7 heteroatoms. The molecule has 2 N–H and O–H groups in total. The van der Waals surface area contributed by atoms with Crippen LogP contribution in [0.4, 0.5) is 5.69 Å². The number of ether oxygens (including phenoxy) is 2. The number of hydrogen-bond donors (Lipinski definition) is 2. The summed E-state index contributed by atoms with van der Waals surface area (Å²) in [7, 11) is 0. The minimum atomic E-state index is -0.341. The number of aryl methyl sites for hydroxylation is 1. The number of rotatable bonds is 11. The molecular formula is C27H29BrN2O3S. The summed E-state index contributed by atoms with van der Waals surface area (Å²) in [6.45, 7) is 3.22. The summed E-state index contributed by atoms with van der Waals surface area (Å²) in [5.41, 5.74) is 2.40. The highest BCUT2D eigenvalue weighted by Crippen LogP contribution is 2.25. The van der Waals surface area contributed by atoms with Gasteiger partial charge in [0.1, 0.15) is 11.5 Å². The largest absolute Gasteiger partial charge is 0.493 e. The Morgan fingerprint density at radius 1 is 0.912 bits per heavy atom. The maximum Gasteiger partial charge on any atom is 0.261 e. The average Bonchev–Trinajstić information content (AvgIpc) is 2.84. The first-order valence-corrected chi connectivity index (χ1v) is 12.6. The van der Waals surface area contributed by atoms with E-state index in [1.165, 1.54) is 5.56 Å². The van der Waals surface area contributed by atoms with E-state index >= 15 is 0 Å². The van der Waals surface area contributed by atoms with Gasteiger partial charge in [0.05, 0.1) is 24.5 Å². The first-order valence-electron chi connectivity index (χ1n) is 11.4. The second-order valence-corrected chi connectivity index (χ2v) is 9.01. The predicted octanol–water partition coefficient (Wildman–Crippen LogP) is 6.77. The Labute approximate surface area is 215 Å². The third-order valence-electron chi connectivity index (χ3n) is 5.01. The summed E-state index contributed by atoms with van der Waals surface area (Å²) in [6, 6.07) is 23.2. The van der Waals surface area contributed by atoms with Gasteiger partial charge in [-0.05, 0) is 67.4 Å². The smallest absolute Gasteiger partial charge is 0.261 e. The molecule has 0 bridgehead atoms. The van der Waals surface area contributed by atoms with Crippen molar-refractivity contribution < 1.29 is 14.3 Å². The summed E-state index contributed by atoms with van der Waals surface area (Å²) in [4.78, 5) is 12.9. The van der Waals surface area contributed by atoms with Gasteiger partial charge >= 0.3 is 0 Å². The number of halogens is 1. The third-order valence-corrected chi connectivity index (χ3v) is 5.71. The lowest BCUT2D eigenvalue weighted by atomic mass is 10.1. The van der Waals surface area contributed by atoms with E-state index in [-0.39, 0.29) is 11.0 Å². The van der Waals surface area contributed by atoms with E-state index in [2.05, 4.69) is 45.6 Å². The summed E-state index contributed by atoms with van der Waals surface area (Å²) in [5.74, 6) is 0.865. The highest BCUT2D eigenvalue weighted by Gasteiger charge is 2.16. The molecule has 0 radical (unpaired) electrons. The van der Waals surface area contributed by atoms with Gasteiger partial charge in [-0.3, -0.25) is 10.1 Å². The molecule has 0 aliphatic rings. The summed E-state index contributed by atoms with van der Waals surface area (Å²) >= 11 is 8.82. The van der Waals surface area contributed by atoms with Gasteiger partial charge in [0.15, 0.2) is 5.11 Å². The fraction of sp³-hybridized carbons (Fsp3) is 0.259. The molecule has 34 heavy (non-hydrogen) atoms. The lowest BCUT2D eigenvalue weighted by Crippen LogP contribution is -2.34. The van der Waals surface area contributed by atoms with Crippen LogP contribution in [0.2, 0.25) is 0 Å². The van der Waals surface area contributed by atoms with Crippen LogP contribution in [0, 0.1) is 0 Å². The second-order valence-electron chi connectivity index (χ2n) is 7.68. The van der Waals surface area contributed by atoms with Crippen molar-refractivity contribution in [1.82, 2.24) is 5.32 Å². The average molecular weight is 542 g/mol. The number of carbonyl (C=O) groups is 1. The number of amides is 1. The summed E-state index contributed by atoms with van der Waals surface area (Å²) in [6.07, 6.45) is 3.77. The number of benzene rings is 3. The Morgan fingerprint density at radius 2 is 1.62 bits per heavy atom. The highest BCUT2D eigenvalue weighted by atomic mass is 79.9. The SMILES string of the molecule is CCCCOc1ccc(Br)cc1C(=O)NC(=S)Nc1ccccc1OCCCc1ccccc1. The van der Waals surface area contributed by atoms with Crippen molar-refractivity contribution in [3.63, 3.8) is 0 Å². The molecule has 0 atom stereocenters. The number of hydrogen-bond acceptors (Lipinski definition) is 4. The van der Waals surface area contributed by atoms with Crippen LogP contribution < -0.4 is 20.1 Å². The molecule has 0 aromatic heterocycles. The van der Waals surface area contributed by atoms with Crippen molar-refractivity contribution in [2.45, 2.75) is 32.6 Å². The number of para-hydroxylation sites is 2. The van der Waals surface area contributed by atoms with Gasteiger partial charge in [-0.25, -0.2) is 0 Å². The zero-order chi connectivity index (χ0) is 24.2. The first kappa shape index (κ1) is 25.7. The lowest BCUT2D eigenvalue weighted by Gasteiger charge is -2.15. The molecule has 0 heterocycles. The van der Waals surface area contributed by atoms with E-state index in [1.807, 2.05) is 48.5 Å². The Bertz CT molecular complexity index is 1090. The topological polar surface area (TPSA) is 59.6 Å². The molecule has 178 valence electrons. The van der Waals surface area contributed by atoms with Crippen LogP contribution in [0.25, 0.3) is 0 Å². The van der Waals surface area contributed by atoms with Crippen molar-refractivity contribution >= 4 is 44.9 Å². The highest BCUT2D eigenvalue weighted by molar-refractivity contribution is 9.10. The van der Waals surface area contributed by atoms with E-state index in [0.29, 0.717) is 36.0 Å². The van der Waals surface area contributed by atoms with E-state index in [1.54, 1.807) is 12.1 Å². The van der Waals surface area contributed by atoms with E-state index in [0.717, 1.165) is 30.2 Å². The van der Waals surface area contributed by atoms with Gasteiger partial charge in [0.25, 0.3) is 5.91 Å². The van der Waals surface area contributed by atoms with Gasteiger partial charge in [-0.1, -0.05) is 71.7 Å². The molecule has 3 aromatic carbocycles. The molecular weight excluding hydrogens is 512 g/mol. The molecule has 0 unspecified atom stereocenters. The van der Waals surface area contributed by atoms with Crippen molar-refractivity contribution in [2.75, 3.05) is 18.5 Å². The van der Waals surface area contributed by atoms with Crippen LogP contribution in [0.5, 0.6) is 11.5 Å². The van der Waals surface area contributed by atoms with Gasteiger partial charge in [0.2, 0.25) is 0 Å². The molecule has 3 aromatic rings. The minimum absolute atomic E-state index is 0.185. The van der Waals surface area contributed by atoms with Gasteiger partial charge in [-0.15, -0.1) is 0 Å². The van der Waals surface area contributed by atoms with Crippen molar-refractivity contribution in [1.29, 1.82) is 0 Å². The van der Waals surface area contributed by atoms with Crippen LogP contribution in [0.15, 0.2) is 77.3 Å². The number of thiocarbonyl (C=S) groups is 1. The molecule has 0 aliphatic heterocycles. The molecule has 5 nitrogen and oxygen atoms in total. The number of nitrogens with one attached hydrogen (secondary N) is 2. The van der Waals surface area contributed by atoms with Crippen LogP contribution >= 0.6 is 28.1 Å². The summed E-state index contributed by atoms with van der Waals surface area (Å²) in [5, 5.41) is 6.01. The maximum atomic E-state index is 12.9. The first-order chi connectivity index (χ1) is 16.6. The molecule has 3 rings (SSSR count). The van der Waals surface area contributed by atoms with Crippen LogP contribution in [-0.4, -0.2) is 24.2 Å². The second kappa shape index (κ2) is 13.7. The van der Waals surface area contributed by atoms with E-state index in [9.17, 15) is 4.79 Å². The Kier molecular flexibility index (Phi) is 10.4. The van der Waals surface area contributed by atoms with Gasteiger partial charge < -0.3 is 14.8 Å². The molecule has 0 saturated carbocycles. The monoisotopic (exact) mass is 540 g/mol. The lowest BCUT2D eigenvalue weighted by molar-refractivity contribution is 0.0973. The van der Waals surface area contributed by atoms with Gasteiger partial charge in [-0.2, -0.15) is 0 Å². The zero-order valence-corrected chi connectivity index (χ0v) is 21.6. The number of anilines is 1. The Balaban J connectivity index is 1.57. The molecule has 1 amide bonds. The van der Waals surface area contributed by atoms with Crippen molar-refractivity contribution in [3.05, 3.63) is 88.4 Å². The van der Waals surface area contributed by atoms with Crippen molar-refractivity contribution in [2.24, 2.45) is 0 Å². The van der Waals surface area contributed by atoms with Crippen molar-refractivity contribution in [3.8, 4) is 11.5 Å². The minimum Gasteiger partial charge on any atom is -0.493 e. The quantitative estimate of drug-likeness (QED) is 0.207. The van der Waals surface area contributed by atoms with Crippen LogP contribution in [0.1, 0.15) is 42.1 Å². The molecule has 0 saturated heterocycles.